The van der Waals surface area contributed by atoms with Crippen LogP contribution >= 0.6 is 0 Å². The Labute approximate surface area is 192 Å². The second kappa shape index (κ2) is 8.44. The van der Waals surface area contributed by atoms with Crippen LogP contribution in [0, 0.1) is 25.2 Å². The van der Waals surface area contributed by atoms with Gasteiger partial charge in [-0.1, -0.05) is 0 Å². The molecule has 2 N–H and O–H groups in total. The third kappa shape index (κ3) is 4.07. The van der Waals surface area contributed by atoms with Crippen molar-refractivity contribution in [3.05, 3.63) is 41.9 Å². The molecule has 10 nitrogen and oxygen atoms in total. The molecule has 34 heavy (non-hydrogen) atoms. The lowest BCUT2D eigenvalue weighted by Crippen LogP contribution is -2.63. The van der Waals surface area contributed by atoms with Crippen LogP contribution in [0.3, 0.4) is 0 Å². The lowest BCUT2D eigenvalue weighted by atomic mass is 9.86. The summed E-state index contributed by atoms with van der Waals surface area (Å²) in [5.74, 6) is -0.509. The maximum absolute atomic E-state index is 12.7. The highest BCUT2D eigenvalue weighted by Crippen LogP contribution is 2.37. The molecule has 1 aliphatic rings. The normalized spacial score (nSPS) is 16.0. The van der Waals surface area contributed by atoms with Crippen LogP contribution in [0.1, 0.15) is 35.2 Å². The molecule has 1 saturated heterocycles. The number of nitriles is 1. The van der Waals surface area contributed by atoms with E-state index in [1.165, 1.54) is 6.20 Å². The number of H-pyrrole nitrogens is 1. The maximum Gasteiger partial charge on any atom is 0.408 e. The number of aromatic amines is 1. The summed E-state index contributed by atoms with van der Waals surface area (Å²) in [6, 6.07) is 0.228. The number of aromatic nitrogens is 6. The van der Waals surface area contributed by atoms with Gasteiger partial charge in [-0.3, -0.25) is 14.6 Å². The fraction of sp³-hybridized carbons (Fsp3) is 0.429. The van der Waals surface area contributed by atoms with Crippen LogP contribution in [-0.4, -0.2) is 61.2 Å². The SMILES string of the molecule is Cc1[nH]ncc1-c1cnn(C2(CC#N)CN(c3cnc(C(=O)NC(C)C(F)(F)F)cn3)C2)c1C. The Morgan fingerprint density at radius 3 is 2.53 bits per heavy atom. The largest absolute Gasteiger partial charge is 0.408 e. The number of carbonyl (C=O) groups excluding carboxylic acids is 1. The topological polar surface area (TPSA) is 128 Å². The number of carbonyl (C=O) groups is 1. The molecule has 1 fully saturated rings. The summed E-state index contributed by atoms with van der Waals surface area (Å²) in [4.78, 5) is 22.0. The molecule has 178 valence electrons. The number of amides is 1. The van der Waals surface area contributed by atoms with Crippen LogP contribution in [0.15, 0.2) is 24.8 Å². The van der Waals surface area contributed by atoms with E-state index in [0.717, 1.165) is 35.6 Å². The smallest absolute Gasteiger partial charge is 0.350 e. The van der Waals surface area contributed by atoms with Crippen molar-refractivity contribution in [1.29, 1.82) is 5.26 Å². The molecule has 0 radical (unpaired) electrons. The zero-order chi connectivity index (χ0) is 24.7. The maximum atomic E-state index is 12.7. The minimum atomic E-state index is -4.55. The molecule has 1 amide bonds. The number of halogens is 3. The molecule has 13 heteroatoms. The highest BCUT2D eigenvalue weighted by molar-refractivity contribution is 5.92. The van der Waals surface area contributed by atoms with E-state index in [0.29, 0.717) is 18.9 Å². The van der Waals surface area contributed by atoms with Crippen molar-refractivity contribution in [2.75, 3.05) is 18.0 Å². The predicted octanol–water partition coefficient (Wildman–Crippen LogP) is 2.49. The fourth-order valence-electron chi connectivity index (χ4n) is 4.02. The lowest BCUT2D eigenvalue weighted by Gasteiger charge is -2.50. The molecular weight excluding hydrogens is 451 g/mol. The van der Waals surface area contributed by atoms with Gasteiger partial charge in [0.2, 0.25) is 0 Å². The van der Waals surface area contributed by atoms with Crippen molar-refractivity contribution in [2.24, 2.45) is 0 Å². The van der Waals surface area contributed by atoms with Crippen molar-refractivity contribution in [3.8, 4) is 17.2 Å². The lowest BCUT2D eigenvalue weighted by molar-refractivity contribution is -0.149. The van der Waals surface area contributed by atoms with E-state index >= 15 is 0 Å². The number of nitrogens with zero attached hydrogens (tertiary/aromatic N) is 7. The average Bonchev–Trinajstić information content (AvgIpc) is 3.35. The van der Waals surface area contributed by atoms with Gasteiger partial charge in [-0.25, -0.2) is 9.97 Å². The van der Waals surface area contributed by atoms with Gasteiger partial charge in [0.15, 0.2) is 0 Å². The van der Waals surface area contributed by atoms with Gasteiger partial charge in [-0.05, 0) is 20.8 Å². The highest BCUT2D eigenvalue weighted by atomic mass is 19.4. The van der Waals surface area contributed by atoms with Gasteiger partial charge < -0.3 is 10.2 Å². The monoisotopic (exact) mass is 473 g/mol. The first kappa shape index (κ1) is 23.2. The van der Waals surface area contributed by atoms with E-state index in [2.05, 4.69) is 31.3 Å². The Morgan fingerprint density at radius 2 is 1.97 bits per heavy atom. The van der Waals surface area contributed by atoms with Crippen molar-refractivity contribution in [3.63, 3.8) is 0 Å². The minimum Gasteiger partial charge on any atom is -0.350 e. The van der Waals surface area contributed by atoms with E-state index in [-0.39, 0.29) is 12.1 Å². The molecule has 3 aromatic heterocycles. The molecule has 1 atom stereocenters. The summed E-state index contributed by atoms with van der Waals surface area (Å²) < 4.78 is 39.8. The molecular formula is C21H22F3N9O. The van der Waals surface area contributed by atoms with Gasteiger partial charge in [0.25, 0.3) is 5.91 Å². The second-order valence-electron chi connectivity index (χ2n) is 8.38. The van der Waals surface area contributed by atoms with E-state index in [4.69, 9.17) is 0 Å². The molecule has 1 unspecified atom stereocenters. The van der Waals surface area contributed by atoms with Crippen LogP contribution in [0.25, 0.3) is 11.1 Å². The summed E-state index contributed by atoms with van der Waals surface area (Å²) in [5.41, 5.74) is 2.88. The van der Waals surface area contributed by atoms with Gasteiger partial charge in [-0.2, -0.15) is 28.6 Å². The van der Waals surface area contributed by atoms with Gasteiger partial charge >= 0.3 is 6.18 Å². The van der Waals surface area contributed by atoms with Gasteiger partial charge in [-0.15, -0.1) is 0 Å². The number of rotatable bonds is 6. The first-order chi connectivity index (χ1) is 16.1. The summed E-state index contributed by atoms with van der Waals surface area (Å²) in [7, 11) is 0. The second-order valence-corrected chi connectivity index (χ2v) is 8.38. The molecule has 0 spiro atoms. The summed E-state index contributed by atoms with van der Waals surface area (Å²) in [6.45, 7) is 5.56. The van der Waals surface area contributed by atoms with Crippen molar-refractivity contribution < 1.29 is 18.0 Å². The number of alkyl halides is 3. The number of nitrogens with one attached hydrogen (secondary N) is 2. The van der Waals surface area contributed by atoms with E-state index in [9.17, 15) is 23.2 Å². The van der Waals surface area contributed by atoms with E-state index < -0.39 is 23.7 Å². The number of hydrogen-bond donors (Lipinski definition) is 2. The van der Waals surface area contributed by atoms with Crippen LogP contribution in [-0.2, 0) is 5.54 Å². The molecule has 1 aliphatic heterocycles. The molecule has 0 aromatic carbocycles. The first-order valence-electron chi connectivity index (χ1n) is 10.4. The fourth-order valence-corrected chi connectivity index (χ4v) is 4.02. The third-order valence-electron chi connectivity index (χ3n) is 5.99. The Kier molecular flexibility index (Phi) is 5.76. The zero-order valence-electron chi connectivity index (χ0n) is 18.7. The Bertz CT molecular complexity index is 1230. The Morgan fingerprint density at radius 1 is 1.24 bits per heavy atom. The Balaban J connectivity index is 1.49. The summed E-state index contributed by atoms with van der Waals surface area (Å²) in [6.07, 6.45) is 1.63. The predicted molar refractivity (Wildman–Crippen MR) is 115 cm³/mol. The molecule has 4 heterocycles. The molecule has 0 aliphatic carbocycles. The van der Waals surface area contributed by atoms with Gasteiger partial charge in [0.1, 0.15) is 23.1 Å². The van der Waals surface area contributed by atoms with Crippen LogP contribution in [0.2, 0.25) is 0 Å². The molecule has 4 rings (SSSR count). The van der Waals surface area contributed by atoms with Gasteiger partial charge in [0.05, 0.1) is 37.3 Å². The standard InChI is InChI=1S/C21H22F3N9O/c1-12-15(6-28-31-12)16-7-29-33(13(16)2)20(4-5-25)10-32(11-20)18-9-26-17(8-27-18)19(34)30-14(3)21(22,23)24/h6-9,14H,4,10-11H2,1-3H3,(H,28,31)(H,30,34). The van der Waals surface area contributed by atoms with Crippen molar-refractivity contribution >= 4 is 11.7 Å². The first-order valence-corrected chi connectivity index (χ1v) is 10.4. The number of anilines is 1. The van der Waals surface area contributed by atoms with Crippen molar-refractivity contribution in [1.82, 2.24) is 35.3 Å². The molecule has 0 bridgehead atoms. The third-order valence-corrected chi connectivity index (χ3v) is 5.99. The summed E-state index contributed by atoms with van der Waals surface area (Å²) >= 11 is 0. The van der Waals surface area contributed by atoms with Crippen LogP contribution in [0.4, 0.5) is 19.0 Å². The van der Waals surface area contributed by atoms with Crippen LogP contribution < -0.4 is 10.2 Å². The zero-order valence-corrected chi connectivity index (χ0v) is 18.7. The van der Waals surface area contributed by atoms with E-state index in [1.807, 2.05) is 28.7 Å². The number of aryl methyl sites for hydroxylation is 1. The van der Waals surface area contributed by atoms with Crippen molar-refractivity contribution in [2.45, 2.75) is 44.9 Å². The Hall–Kier alpha value is -3.95. The molecule has 0 saturated carbocycles. The molecule has 3 aromatic rings. The van der Waals surface area contributed by atoms with Crippen LogP contribution in [0.5, 0.6) is 0 Å². The van der Waals surface area contributed by atoms with Gasteiger partial charge in [0, 0.05) is 35.6 Å². The average molecular weight is 473 g/mol. The summed E-state index contributed by atoms with van der Waals surface area (Å²) in [5, 5.41) is 22.8. The highest BCUT2D eigenvalue weighted by Gasteiger charge is 2.47. The minimum absolute atomic E-state index is 0.216. The van der Waals surface area contributed by atoms with E-state index in [1.54, 1.807) is 12.4 Å². The number of hydrogen-bond acceptors (Lipinski definition) is 7. The quantitative estimate of drug-likeness (QED) is 0.563.